The number of ether oxygens (including phenoxy) is 1. The van der Waals surface area contributed by atoms with Gasteiger partial charge in [0, 0.05) is 44.1 Å². The largest absolute Gasteiger partial charge is 0.382 e. The minimum atomic E-state index is -0.0841. The number of carbonyl (C=O) groups excluding carboxylic acids is 1. The zero-order chi connectivity index (χ0) is 14.3. The number of carbonyl (C=O) groups is 1. The molecule has 0 aliphatic carbocycles. The van der Waals surface area contributed by atoms with Crippen molar-refractivity contribution < 1.29 is 9.53 Å². The molecule has 0 bridgehead atoms. The second-order valence-corrected chi connectivity index (χ2v) is 4.38. The molecule has 0 unspecified atom stereocenters. The fourth-order valence-corrected chi connectivity index (χ4v) is 1.78. The summed E-state index contributed by atoms with van der Waals surface area (Å²) in [6.45, 7) is 7.91. The Balaban J connectivity index is 2.41. The summed E-state index contributed by atoms with van der Waals surface area (Å²) in [5.41, 5.74) is 2.99. The zero-order valence-electron chi connectivity index (χ0n) is 12.2. The van der Waals surface area contributed by atoms with Crippen molar-refractivity contribution in [2.75, 3.05) is 19.8 Å². The van der Waals surface area contributed by atoms with Gasteiger partial charge in [-0.15, -0.1) is 0 Å². The van der Waals surface area contributed by atoms with Crippen LogP contribution in [-0.2, 0) is 16.6 Å². The molecule has 0 fully saturated rings. The van der Waals surface area contributed by atoms with Crippen LogP contribution in [0.15, 0.2) is 6.08 Å². The van der Waals surface area contributed by atoms with E-state index in [0.717, 1.165) is 23.4 Å². The number of hydrogen-bond donors (Lipinski definition) is 1. The van der Waals surface area contributed by atoms with Gasteiger partial charge in [-0.3, -0.25) is 9.48 Å². The lowest BCUT2D eigenvalue weighted by Crippen LogP contribution is -2.23. The Kier molecular flexibility index (Phi) is 6.29. The highest BCUT2D eigenvalue weighted by atomic mass is 16.5. The molecule has 1 N–H and O–H groups in total. The van der Waals surface area contributed by atoms with Gasteiger partial charge in [0.2, 0.25) is 5.91 Å². The third-order valence-corrected chi connectivity index (χ3v) is 2.94. The summed E-state index contributed by atoms with van der Waals surface area (Å²) in [4.78, 5) is 11.6. The van der Waals surface area contributed by atoms with Crippen LogP contribution < -0.4 is 5.32 Å². The number of nitrogens with zero attached hydrogens (tertiary/aromatic N) is 2. The van der Waals surface area contributed by atoms with Crippen molar-refractivity contribution in [2.24, 2.45) is 7.05 Å². The smallest absolute Gasteiger partial charge is 0.244 e. The number of rotatable bonds is 7. The maximum absolute atomic E-state index is 11.6. The molecule has 5 heteroatoms. The predicted octanol–water partition coefficient (Wildman–Crippen LogP) is 1.59. The molecule has 0 saturated heterocycles. The minimum absolute atomic E-state index is 0.0841. The van der Waals surface area contributed by atoms with Crippen molar-refractivity contribution >= 4 is 12.0 Å². The van der Waals surface area contributed by atoms with E-state index in [9.17, 15) is 4.79 Å². The van der Waals surface area contributed by atoms with Gasteiger partial charge in [0.25, 0.3) is 0 Å². The van der Waals surface area contributed by atoms with Gasteiger partial charge in [-0.25, -0.2) is 0 Å². The second kappa shape index (κ2) is 7.74. The third-order valence-electron chi connectivity index (χ3n) is 2.94. The van der Waals surface area contributed by atoms with Crippen LogP contribution in [0, 0.1) is 13.8 Å². The van der Waals surface area contributed by atoms with Gasteiger partial charge in [-0.1, -0.05) is 0 Å². The van der Waals surface area contributed by atoms with Crippen molar-refractivity contribution in [1.29, 1.82) is 0 Å². The van der Waals surface area contributed by atoms with Crippen LogP contribution in [0.5, 0.6) is 0 Å². The highest BCUT2D eigenvalue weighted by Gasteiger charge is 2.06. The molecule has 5 nitrogen and oxygen atoms in total. The van der Waals surface area contributed by atoms with Crippen LogP contribution in [-0.4, -0.2) is 35.4 Å². The summed E-state index contributed by atoms with van der Waals surface area (Å²) >= 11 is 0. The van der Waals surface area contributed by atoms with Crippen LogP contribution >= 0.6 is 0 Å². The molecular weight excluding hydrogens is 242 g/mol. The summed E-state index contributed by atoms with van der Waals surface area (Å²) in [6, 6.07) is 0. The van der Waals surface area contributed by atoms with Gasteiger partial charge in [0.15, 0.2) is 0 Å². The summed E-state index contributed by atoms with van der Waals surface area (Å²) in [6.07, 6.45) is 4.20. The molecule has 1 aromatic rings. The average Bonchev–Trinajstić information content (AvgIpc) is 2.61. The van der Waals surface area contributed by atoms with E-state index in [1.54, 1.807) is 6.08 Å². The van der Waals surface area contributed by atoms with Crippen LogP contribution in [0.25, 0.3) is 6.08 Å². The Bertz CT molecular complexity index is 450. The van der Waals surface area contributed by atoms with Gasteiger partial charge < -0.3 is 10.1 Å². The number of amides is 1. The van der Waals surface area contributed by atoms with Gasteiger partial charge in [0.1, 0.15) is 0 Å². The standard InChI is InChI=1S/C14H23N3O2/c1-5-19-10-6-9-15-14(18)8-7-13-11(2)16-17(4)12(13)3/h7-8H,5-6,9-10H2,1-4H3,(H,15,18)/b8-7+. The maximum atomic E-state index is 11.6. The van der Waals surface area contributed by atoms with Gasteiger partial charge >= 0.3 is 0 Å². The molecule has 106 valence electrons. The molecule has 1 heterocycles. The Labute approximate surface area is 114 Å². The molecule has 1 aromatic heterocycles. The lowest BCUT2D eigenvalue weighted by molar-refractivity contribution is -0.116. The first-order chi connectivity index (χ1) is 9.06. The maximum Gasteiger partial charge on any atom is 0.244 e. The second-order valence-electron chi connectivity index (χ2n) is 4.38. The predicted molar refractivity (Wildman–Crippen MR) is 75.8 cm³/mol. The van der Waals surface area contributed by atoms with E-state index in [4.69, 9.17) is 4.74 Å². The summed E-state index contributed by atoms with van der Waals surface area (Å²) in [5.74, 6) is -0.0841. The molecule has 0 radical (unpaired) electrons. The van der Waals surface area contributed by atoms with Crippen LogP contribution in [0.3, 0.4) is 0 Å². The van der Waals surface area contributed by atoms with E-state index >= 15 is 0 Å². The molecule has 0 aliphatic rings. The highest BCUT2D eigenvalue weighted by Crippen LogP contribution is 2.13. The van der Waals surface area contributed by atoms with Crippen molar-refractivity contribution in [3.8, 4) is 0 Å². The van der Waals surface area contributed by atoms with E-state index in [1.165, 1.54) is 0 Å². The third kappa shape index (κ3) is 4.87. The van der Waals surface area contributed by atoms with Gasteiger partial charge in [-0.05, 0) is 33.3 Å². The summed E-state index contributed by atoms with van der Waals surface area (Å²) in [7, 11) is 1.90. The molecule has 0 spiro atoms. The zero-order valence-corrected chi connectivity index (χ0v) is 12.2. The van der Waals surface area contributed by atoms with Crippen LogP contribution in [0.1, 0.15) is 30.3 Å². The van der Waals surface area contributed by atoms with Crippen LogP contribution in [0.2, 0.25) is 0 Å². The quantitative estimate of drug-likeness (QED) is 0.601. The van der Waals surface area contributed by atoms with Crippen molar-refractivity contribution in [2.45, 2.75) is 27.2 Å². The topological polar surface area (TPSA) is 56.1 Å². The normalized spacial score (nSPS) is 11.2. The summed E-state index contributed by atoms with van der Waals surface area (Å²) < 4.78 is 7.01. The van der Waals surface area contributed by atoms with Gasteiger partial charge in [0.05, 0.1) is 5.69 Å². The van der Waals surface area contributed by atoms with Crippen molar-refractivity contribution in [1.82, 2.24) is 15.1 Å². The van der Waals surface area contributed by atoms with E-state index in [-0.39, 0.29) is 5.91 Å². The number of aromatic nitrogens is 2. The molecular formula is C14H23N3O2. The Morgan fingerprint density at radius 2 is 2.21 bits per heavy atom. The van der Waals surface area contributed by atoms with Crippen LogP contribution in [0.4, 0.5) is 0 Å². The molecule has 0 aromatic carbocycles. The van der Waals surface area contributed by atoms with Crippen molar-refractivity contribution in [3.05, 3.63) is 23.0 Å². The first-order valence-corrected chi connectivity index (χ1v) is 6.60. The van der Waals surface area contributed by atoms with Crippen molar-refractivity contribution in [3.63, 3.8) is 0 Å². The Hall–Kier alpha value is -1.62. The van der Waals surface area contributed by atoms with E-state index in [1.807, 2.05) is 38.6 Å². The average molecular weight is 265 g/mol. The number of nitrogens with one attached hydrogen (secondary N) is 1. The Morgan fingerprint density at radius 1 is 1.47 bits per heavy atom. The number of aryl methyl sites for hydroxylation is 2. The van der Waals surface area contributed by atoms with Gasteiger partial charge in [-0.2, -0.15) is 5.10 Å². The first-order valence-electron chi connectivity index (χ1n) is 6.60. The molecule has 1 amide bonds. The minimum Gasteiger partial charge on any atom is -0.382 e. The fraction of sp³-hybridized carbons (Fsp3) is 0.571. The first kappa shape index (κ1) is 15.4. The van der Waals surface area contributed by atoms with E-state index in [2.05, 4.69) is 10.4 Å². The number of hydrogen-bond acceptors (Lipinski definition) is 3. The fourth-order valence-electron chi connectivity index (χ4n) is 1.78. The van der Waals surface area contributed by atoms with E-state index < -0.39 is 0 Å². The lowest BCUT2D eigenvalue weighted by Gasteiger charge is -2.02. The molecule has 0 atom stereocenters. The SMILES string of the molecule is CCOCCCNC(=O)/C=C/c1c(C)nn(C)c1C. The molecule has 1 rings (SSSR count). The molecule has 0 saturated carbocycles. The lowest BCUT2D eigenvalue weighted by atomic mass is 10.2. The summed E-state index contributed by atoms with van der Waals surface area (Å²) in [5, 5.41) is 7.13. The molecule has 19 heavy (non-hydrogen) atoms. The Morgan fingerprint density at radius 3 is 2.79 bits per heavy atom. The highest BCUT2D eigenvalue weighted by molar-refractivity contribution is 5.91. The molecule has 0 aliphatic heterocycles. The monoisotopic (exact) mass is 265 g/mol. The van der Waals surface area contributed by atoms with E-state index in [0.29, 0.717) is 19.8 Å².